The van der Waals surface area contributed by atoms with Crippen molar-refractivity contribution in [3.8, 4) is 5.75 Å². The lowest BCUT2D eigenvalue weighted by Crippen LogP contribution is -2.36. The van der Waals surface area contributed by atoms with E-state index in [1.165, 1.54) is 0 Å². The van der Waals surface area contributed by atoms with E-state index < -0.39 is 0 Å². The Morgan fingerprint density at radius 1 is 1.24 bits per heavy atom. The first-order valence-electron chi connectivity index (χ1n) is 11.9. The monoisotopic (exact) mass is 464 g/mol. The molecule has 0 saturated carbocycles. The minimum Gasteiger partial charge on any atom is -0.477 e. The third-order valence-electron chi connectivity index (χ3n) is 6.67. The molecule has 2 aromatic rings. The van der Waals surface area contributed by atoms with Crippen LogP contribution < -0.4 is 4.74 Å². The topological polar surface area (TPSA) is 68.5 Å². The lowest BCUT2D eigenvalue weighted by molar-refractivity contribution is 0.0328. The van der Waals surface area contributed by atoms with E-state index in [2.05, 4.69) is 31.5 Å². The molecule has 1 fully saturated rings. The number of esters is 1. The molecule has 1 saturated heterocycles. The number of fused-ring (bicyclic) bond motifs is 3. The minimum absolute atomic E-state index is 0.279. The maximum Gasteiger partial charge on any atom is 0.340 e. The van der Waals surface area contributed by atoms with Crippen LogP contribution in [-0.2, 0) is 29.6 Å². The summed E-state index contributed by atoms with van der Waals surface area (Å²) in [7, 11) is 4.07. The second-order valence-electron chi connectivity index (χ2n) is 8.96. The van der Waals surface area contributed by atoms with Crippen LogP contribution in [0.2, 0.25) is 0 Å². The summed E-state index contributed by atoms with van der Waals surface area (Å²) in [6, 6.07) is 2.15. The molecular weight excluding hydrogens is 432 g/mol. The summed E-state index contributed by atoms with van der Waals surface area (Å²) >= 11 is 0. The number of rotatable bonds is 5. The van der Waals surface area contributed by atoms with Gasteiger partial charge in [0.25, 0.3) is 0 Å². The van der Waals surface area contributed by atoms with E-state index in [0.717, 1.165) is 58.6 Å². The number of allylic oxidation sites excluding steroid dienone is 3. The van der Waals surface area contributed by atoms with Crippen molar-refractivity contribution in [1.29, 1.82) is 0 Å². The van der Waals surface area contributed by atoms with Crippen LogP contribution in [0.3, 0.4) is 0 Å². The number of hydrogen-bond donors (Lipinski definition) is 0. The molecule has 5 rings (SSSR count). The van der Waals surface area contributed by atoms with E-state index in [4.69, 9.17) is 14.2 Å². The number of hydrogen-bond acceptors (Lipinski definition) is 7. The molecule has 0 atom stereocenters. The van der Waals surface area contributed by atoms with Crippen molar-refractivity contribution >= 4 is 28.7 Å². The van der Waals surface area contributed by atoms with Crippen molar-refractivity contribution in [2.24, 2.45) is 12.0 Å². The molecular formula is C26H32N4O4. The molecule has 0 N–H and O–H groups in total. The molecule has 0 bridgehead atoms. The van der Waals surface area contributed by atoms with Crippen LogP contribution in [-0.4, -0.2) is 73.2 Å². The van der Waals surface area contributed by atoms with Gasteiger partial charge in [-0.15, -0.1) is 0 Å². The Balaban J connectivity index is 1.75. The normalized spacial score (nSPS) is 19.0. The SMILES string of the molecule is CCOC(=O)c1c(CN2CCOCC2)n(C)c2cc(C3=CCC=CN=C3)c3c(c12)CN(C)CO3. The highest BCUT2D eigenvalue weighted by Gasteiger charge is 2.31. The molecule has 180 valence electrons. The molecule has 0 amide bonds. The van der Waals surface area contributed by atoms with Gasteiger partial charge in [-0.05, 0) is 26.5 Å². The maximum absolute atomic E-state index is 13.4. The van der Waals surface area contributed by atoms with E-state index in [0.29, 0.717) is 45.2 Å². The third-order valence-corrected chi connectivity index (χ3v) is 6.67. The van der Waals surface area contributed by atoms with E-state index in [1.807, 2.05) is 39.5 Å². The molecule has 3 aliphatic rings. The van der Waals surface area contributed by atoms with Gasteiger partial charge in [0.2, 0.25) is 0 Å². The highest BCUT2D eigenvalue weighted by molar-refractivity contribution is 6.15. The first-order chi connectivity index (χ1) is 16.6. The van der Waals surface area contributed by atoms with Gasteiger partial charge in [0, 0.05) is 73.4 Å². The summed E-state index contributed by atoms with van der Waals surface area (Å²) < 4.78 is 19.5. The standard InChI is InChI=1S/C26H32N4O4/c1-4-33-26(31)24-22(16-30-9-11-32-12-10-30)29(3)21-13-19(18-7-5-6-8-27-14-18)25-20(23(21)24)15-28(2)17-34-25/h6-8,13-14H,4-5,9-12,15-17H2,1-3H3. The zero-order valence-electron chi connectivity index (χ0n) is 20.2. The number of aryl methyl sites for hydroxylation is 1. The van der Waals surface area contributed by atoms with Gasteiger partial charge in [0.15, 0.2) is 0 Å². The number of carbonyl (C=O) groups is 1. The molecule has 1 aromatic heterocycles. The maximum atomic E-state index is 13.4. The van der Waals surface area contributed by atoms with Gasteiger partial charge < -0.3 is 18.8 Å². The fraction of sp³-hybridized carbons (Fsp3) is 0.462. The summed E-state index contributed by atoms with van der Waals surface area (Å²) in [4.78, 5) is 22.2. The lowest BCUT2D eigenvalue weighted by atomic mass is 9.95. The van der Waals surface area contributed by atoms with E-state index in [1.54, 1.807) is 0 Å². The number of aliphatic imine (C=N–C) groups is 1. The Kier molecular flexibility index (Phi) is 6.54. The van der Waals surface area contributed by atoms with Crippen molar-refractivity contribution in [2.75, 3.05) is 46.7 Å². The molecule has 1 aromatic carbocycles. The van der Waals surface area contributed by atoms with Gasteiger partial charge in [-0.25, -0.2) is 4.79 Å². The van der Waals surface area contributed by atoms with Gasteiger partial charge >= 0.3 is 5.97 Å². The number of carbonyl (C=O) groups excluding carboxylic acids is 1. The number of nitrogens with zero attached hydrogens (tertiary/aromatic N) is 4. The first-order valence-corrected chi connectivity index (χ1v) is 11.9. The molecule has 3 aliphatic heterocycles. The van der Waals surface area contributed by atoms with Crippen molar-refractivity contribution in [3.63, 3.8) is 0 Å². The molecule has 34 heavy (non-hydrogen) atoms. The highest BCUT2D eigenvalue weighted by Crippen LogP contribution is 2.42. The Hall–Kier alpha value is -2.94. The van der Waals surface area contributed by atoms with E-state index >= 15 is 0 Å². The smallest absolute Gasteiger partial charge is 0.340 e. The summed E-state index contributed by atoms with van der Waals surface area (Å²) in [5.41, 5.74) is 5.69. The van der Waals surface area contributed by atoms with Crippen LogP contribution in [0.15, 0.2) is 29.4 Å². The van der Waals surface area contributed by atoms with Crippen LogP contribution in [0.4, 0.5) is 0 Å². The summed E-state index contributed by atoms with van der Waals surface area (Å²) in [5, 5.41) is 0.929. The zero-order valence-corrected chi connectivity index (χ0v) is 20.2. The predicted molar refractivity (Wildman–Crippen MR) is 132 cm³/mol. The number of benzene rings is 1. The minimum atomic E-state index is -0.279. The van der Waals surface area contributed by atoms with Crippen LogP contribution in [0.25, 0.3) is 16.5 Å². The lowest BCUT2D eigenvalue weighted by Gasteiger charge is -2.28. The number of aromatic nitrogens is 1. The van der Waals surface area contributed by atoms with Crippen LogP contribution in [0, 0.1) is 0 Å². The van der Waals surface area contributed by atoms with Crippen LogP contribution >= 0.6 is 0 Å². The Labute approximate surface area is 200 Å². The largest absolute Gasteiger partial charge is 0.477 e. The molecule has 4 heterocycles. The van der Waals surface area contributed by atoms with Crippen LogP contribution in [0.1, 0.15) is 40.5 Å². The van der Waals surface area contributed by atoms with E-state index in [9.17, 15) is 4.79 Å². The van der Waals surface area contributed by atoms with E-state index in [-0.39, 0.29) is 5.97 Å². The zero-order chi connectivity index (χ0) is 23.7. The molecule has 0 unspecified atom stereocenters. The van der Waals surface area contributed by atoms with Gasteiger partial charge in [-0.1, -0.05) is 12.2 Å². The van der Waals surface area contributed by atoms with Crippen molar-refractivity contribution < 1.29 is 19.0 Å². The average molecular weight is 465 g/mol. The molecule has 0 aliphatic carbocycles. The average Bonchev–Trinajstić information content (AvgIpc) is 3.00. The van der Waals surface area contributed by atoms with Gasteiger partial charge in [0.1, 0.15) is 12.5 Å². The third kappa shape index (κ3) is 4.17. The number of morpholine rings is 1. The van der Waals surface area contributed by atoms with Crippen molar-refractivity contribution in [1.82, 2.24) is 14.4 Å². The molecule has 8 nitrogen and oxygen atoms in total. The summed E-state index contributed by atoms with van der Waals surface area (Å²) in [6.45, 7) is 7.13. The second-order valence-corrected chi connectivity index (χ2v) is 8.96. The van der Waals surface area contributed by atoms with Gasteiger partial charge in [-0.3, -0.25) is 14.8 Å². The highest BCUT2D eigenvalue weighted by atomic mass is 16.5. The van der Waals surface area contributed by atoms with Gasteiger partial charge in [-0.2, -0.15) is 0 Å². The fourth-order valence-corrected chi connectivity index (χ4v) is 4.98. The summed E-state index contributed by atoms with van der Waals surface area (Å²) in [5.74, 6) is 0.554. The molecule has 0 radical (unpaired) electrons. The van der Waals surface area contributed by atoms with Crippen molar-refractivity contribution in [3.05, 3.63) is 46.8 Å². The quantitative estimate of drug-likeness (QED) is 0.633. The predicted octanol–water partition coefficient (Wildman–Crippen LogP) is 3.34. The van der Waals surface area contributed by atoms with Crippen LogP contribution in [0.5, 0.6) is 5.75 Å². The fourth-order valence-electron chi connectivity index (χ4n) is 4.98. The first kappa shape index (κ1) is 22.8. The van der Waals surface area contributed by atoms with Gasteiger partial charge in [0.05, 0.1) is 30.9 Å². The molecule has 0 spiro atoms. The van der Waals surface area contributed by atoms with Crippen molar-refractivity contribution in [2.45, 2.75) is 26.4 Å². The Bertz CT molecular complexity index is 1190. The number of ether oxygens (including phenoxy) is 3. The molecule has 8 heteroatoms. The Morgan fingerprint density at radius 3 is 2.85 bits per heavy atom. The Morgan fingerprint density at radius 2 is 2.06 bits per heavy atom. The summed E-state index contributed by atoms with van der Waals surface area (Å²) in [6.07, 6.45) is 8.72. The second kappa shape index (κ2) is 9.74.